The maximum atomic E-state index is 12.2. The highest BCUT2D eigenvalue weighted by Gasteiger charge is 2.45. The van der Waals surface area contributed by atoms with Crippen LogP contribution >= 0.6 is 11.3 Å². The van der Waals surface area contributed by atoms with E-state index in [9.17, 15) is 14.7 Å². The molecule has 1 N–H and O–H groups in total. The number of fused-ring (bicyclic) bond motifs is 1. The predicted molar refractivity (Wildman–Crippen MR) is 65.9 cm³/mol. The quantitative estimate of drug-likeness (QED) is 0.823. The van der Waals surface area contributed by atoms with Crippen LogP contribution in [0.1, 0.15) is 11.3 Å². The van der Waals surface area contributed by atoms with Crippen LogP contribution in [0.4, 0.5) is 0 Å². The maximum Gasteiger partial charge on any atom is 0.246 e. The fourth-order valence-electron chi connectivity index (χ4n) is 2.59. The van der Waals surface area contributed by atoms with E-state index < -0.39 is 12.1 Å². The SMILES string of the molecule is O=C1C2CC(O)CN2C(=O)CN1Cc1cccs1. The molecule has 0 aliphatic carbocycles. The van der Waals surface area contributed by atoms with E-state index in [0.717, 1.165) is 4.88 Å². The molecule has 5 nitrogen and oxygen atoms in total. The van der Waals surface area contributed by atoms with Crippen molar-refractivity contribution in [2.45, 2.75) is 25.1 Å². The van der Waals surface area contributed by atoms with Gasteiger partial charge in [-0.05, 0) is 11.4 Å². The Hall–Kier alpha value is -1.40. The van der Waals surface area contributed by atoms with Gasteiger partial charge in [-0.2, -0.15) is 0 Å². The Bertz CT molecular complexity index is 474. The van der Waals surface area contributed by atoms with Gasteiger partial charge in [-0.25, -0.2) is 0 Å². The zero-order valence-electron chi connectivity index (χ0n) is 9.78. The number of amides is 2. The van der Waals surface area contributed by atoms with Gasteiger partial charge >= 0.3 is 0 Å². The van der Waals surface area contributed by atoms with Crippen LogP contribution in [-0.2, 0) is 16.1 Å². The zero-order chi connectivity index (χ0) is 12.7. The zero-order valence-corrected chi connectivity index (χ0v) is 10.6. The lowest BCUT2D eigenvalue weighted by atomic mass is 10.1. The van der Waals surface area contributed by atoms with Gasteiger partial charge in [-0.15, -0.1) is 11.3 Å². The summed E-state index contributed by atoms with van der Waals surface area (Å²) in [6.07, 6.45) is -0.199. The summed E-state index contributed by atoms with van der Waals surface area (Å²) in [4.78, 5) is 28.4. The number of rotatable bonds is 2. The second-order valence-electron chi connectivity index (χ2n) is 4.73. The van der Waals surface area contributed by atoms with Crippen LogP contribution in [-0.4, -0.2) is 52.0 Å². The molecule has 0 spiro atoms. The van der Waals surface area contributed by atoms with Gasteiger partial charge in [0.1, 0.15) is 12.6 Å². The number of aliphatic hydroxyl groups excluding tert-OH is 1. The average molecular weight is 266 g/mol. The predicted octanol–water partition coefficient (Wildman–Crippen LogP) is 0.0521. The van der Waals surface area contributed by atoms with E-state index in [1.807, 2.05) is 17.5 Å². The number of nitrogens with zero attached hydrogens (tertiary/aromatic N) is 2. The number of piperazine rings is 1. The van der Waals surface area contributed by atoms with Crippen LogP contribution in [0.3, 0.4) is 0 Å². The third-order valence-electron chi connectivity index (χ3n) is 3.45. The van der Waals surface area contributed by atoms with Gasteiger partial charge in [-0.3, -0.25) is 9.59 Å². The van der Waals surface area contributed by atoms with Gasteiger partial charge < -0.3 is 14.9 Å². The molecule has 2 unspecified atom stereocenters. The van der Waals surface area contributed by atoms with Crippen LogP contribution in [0, 0.1) is 0 Å². The van der Waals surface area contributed by atoms with E-state index in [1.54, 1.807) is 16.2 Å². The smallest absolute Gasteiger partial charge is 0.246 e. The van der Waals surface area contributed by atoms with Crippen LogP contribution in [0.25, 0.3) is 0 Å². The molecule has 3 rings (SSSR count). The van der Waals surface area contributed by atoms with Gasteiger partial charge in [0.2, 0.25) is 11.8 Å². The molecular formula is C12H14N2O3S. The number of aliphatic hydroxyl groups is 1. The molecule has 0 radical (unpaired) electrons. The first kappa shape index (κ1) is 11.7. The third-order valence-corrected chi connectivity index (χ3v) is 4.31. The molecule has 2 fully saturated rings. The molecule has 96 valence electrons. The molecule has 0 saturated carbocycles. The Morgan fingerprint density at radius 3 is 3.00 bits per heavy atom. The molecule has 3 heterocycles. The molecular weight excluding hydrogens is 252 g/mol. The summed E-state index contributed by atoms with van der Waals surface area (Å²) in [5.74, 6) is -0.104. The van der Waals surface area contributed by atoms with E-state index in [2.05, 4.69) is 0 Å². The molecule has 2 aliphatic rings. The summed E-state index contributed by atoms with van der Waals surface area (Å²) >= 11 is 1.58. The number of carbonyl (C=O) groups is 2. The number of thiophene rings is 1. The molecule has 1 aromatic heterocycles. The highest BCUT2D eigenvalue weighted by molar-refractivity contribution is 7.09. The van der Waals surface area contributed by atoms with Crippen molar-refractivity contribution in [3.05, 3.63) is 22.4 Å². The van der Waals surface area contributed by atoms with Crippen molar-refractivity contribution in [2.24, 2.45) is 0 Å². The van der Waals surface area contributed by atoms with E-state index in [-0.39, 0.29) is 18.4 Å². The van der Waals surface area contributed by atoms with Gasteiger partial charge in [0, 0.05) is 17.8 Å². The Balaban J connectivity index is 1.77. The number of hydrogen-bond donors (Lipinski definition) is 1. The minimum absolute atomic E-state index is 0.0421. The second kappa shape index (κ2) is 4.37. The Kier molecular flexibility index (Phi) is 2.83. The van der Waals surface area contributed by atoms with Crippen LogP contribution in [0.2, 0.25) is 0 Å². The number of carbonyl (C=O) groups excluding carboxylic acids is 2. The highest BCUT2D eigenvalue weighted by atomic mass is 32.1. The molecule has 0 bridgehead atoms. The molecule has 1 aromatic rings. The largest absolute Gasteiger partial charge is 0.391 e. The van der Waals surface area contributed by atoms with Crippen molar-refractivity contribution in [3.8, 4) is 0 Å². The average Bonchev–Trinajstić information content (AvgIpc) is 2.95. The summed E-state index contributed by atoms with van der Waals surface area (Å²) in [5.41, 5.74) is 0. The lowest BCUT2D eigenvalue weighted by Crippen LogP contribution is -2.56. The molecule has 2 aliphatic heterocycles. The third kappa shape index (κ3) is 1.91. The lowest BCUT2D eigenvalue weighted by molar-refractivity contribution is -0.154. The Labute approximate surface area is 109 Å². The van der Waals surface area contributed by atoms with Crippen LogP contribution < -0.4 is 0 Å². The summed E-state index contributed by atoms with van der Waals surface area (Å²) in [6, 6.07) is 3.43. The van der Waals surface area contributed by atoms with Crippen LogP contribution in [0.15, 0.2) is 17.5 Å². The maximum absolute atomic E-state index is 12.2. The summed E-state index contributed by atoms with van der Waals surface area (Å²) in [7, 11) is 0. The van der Waals surface area contributed by atoms with Crippen molar-refractivity contribution in [2.75, 3.05) is 13.1 Å². The van der Waals surface area contributed by atoms with Crippen molar-refractivity contribution in [3.63, 3.8) is 0 Å². The minimum Gasteiger partial charge on any atom is -0.391 e. The van der Waals surface area contributed by atoms with E-state index in [0.29, 0.717) is 19.5 Å². The van der Waals surface area contributed by atoms with E-state index in [1.165, 1.54) is 4.90 Å². The van der Waals surface area contributed by atoms with E-state index in [4.69, 9.17) is 0 Å². The Morgan fingerprint density at radius 1 is 1.44 bits per heavy atom. The summed E-state index contributed by atoms with van der Waals surface area (Å²) in [5, 5.41) is 11.5. The van der Waals surface area contributed by atoms with Crippen molar-refractivity contribution in [1.29, 1.82) is 0 Å². The first-order valence-electron chi connectivity index (χ1n) is 5.94. The summed E-state index contributed by atoms with van der Waals surface area (Å²) in [6.45, 7) is 0.907. The topological polar surface area (TPSA) is 60.9 Å². The normalized spacial score (nSPS) is 27.8. The molecule has 2 atom stereocenters. The van der Waals surface area contributed by atoms with Gasteiger partial charge in [-0.1, -0.05) is 6.07 Å². The van der Waals surface area contributed by atoms with E-state index >= 15 is 0 Å². The van der Waals surface area contributed by atoms with Gasteiger partial charge in [0.15, 0.2) is 0 Å². The first-order valence-corrected chi connectivity index (χ1v) is 6.82. The summed E-state index contributed by atoms with van der Waals surface area (Å²) < 4.78 is 0. The number of hydrogen-bond acceptors (Lipinski definition) is 4. The van der Waals surface area contributed by atoms with Crippen molar-refractivity contribution in [1.82, 2.24) is 9.80 Å². The monoisotopic (exact) mass is 266 g/mol. The molecule has 2 amide bonds. The van der Waals surface area contributed by atoms with Crippen molar-refractivity contribution >= 4 is 23.2 Å². The van der Waals surface area contributed by atoms with Gasteiger partial charge in [0.05, 0.1) is 12.6 Å². The fraction of sp³-hybridized carbons (Fsp3) is 0.500. The first-order chi connectivity index (χ1) is 8.65. The highest BCUT2D eigenvalue weighted by Crippen LogP contribution is 2.25. The Morgan fingerprint density at radius 2 is 2.28 bits per heavy atom. The fourth-order valence-corrected chi connectivity index (χ4v) is 3.31. The molecule has 0 aromatic carbocycles. The van der Waals surface area contributed by atoms with Crippen molar-refractivity contribution < 1.29 is 14.7 Å². The molecule has 6 heteroatoms. The lowest BCUT2D eigenvalue weighted by Gasteiger charge is -2.35. The van der Waals surface area contributed by atoms with Gasteiger partial charge in [0.25, 0.3) is 0 Å². The van der Waals surface area contributed by atoms with Crippen LogP contribution in [0.5, 0.6) is 0 Å². The second-order valence-corrected chi connectivity index (χ2v) is 5.76. The molecule has 18 heavy (non-hydrogen) atoms. The minimum atomic E-state index is -0.565. The molecule has 2 saturated heterocycles. The standard InChI is InChI=1S/C12H14N2O3S/c15-8-4-10-12(17)13(6-9-2-1-3-18-9)7-11(16)14(10)5-8/h1-3,8,10,15H,4-7H2.